The fourth-order valence-electron chi connectivity index (χ4n) is 4.10. The van der Waals surface area contributed by atoms with Crippen LogP contribution in [-0.2, 0) is 16.1 Å². The topological polar surface area (TPSA) is 98.6 Å². The Labute approximate surface area is 191 Å². The molecule has 1 saturated heterocycles. The van der Waals surface area contributed by atoms with E-state index in [1.807, 2.05) is 17.1 Å². The smallest absolute Gasteiger partial charge is 0.295 e. The van der Waals surface area contributed by atoms with Crippen LogP contribution in [0.4, 0.5) is 0 Å². The van der Waals surface area contributed by atoms with Gasteiger partial charge >= 0.3 is 0 Å². The van der Waals surface area contributed by atoms with Gasteiger partial charge in [0.2, 0.25) is 12.1 Å². The first-order chi connectivity index (χ1) is 16.0. The molecule has 1 atom stereocenters. The highest BCUT2D eigenvalue weighted by Gasteiger charge is 2.44. The molecule has 1 aromatic heterocycles. The molecule has 1 N–H and O–H groups in total. The number of amides is 1. The number of aromatic nitrogens is 2. The van der Waals surface area contributed by atoms with Gasteiger partial charge in [-0.05, 0) is 23.3 Å². The number of imidazole rings is 1. The Morgan fingerprint density at radius 1 is 1.09 bits per heavy atom. The minimum Gasteiger partial charge on any atom is -0.872 e. The summed E-state index contributed by atoms with van der Waals surface area (Å²) in [5.41, 5.74) is 0.928. The largest absolute Gasteiger partial charge is 0.872 e. The second-order valence-corrected chi connectivity index (χ2v) is 7.66. The fraction of sp³-hybridized carbons (Fsp3) is 0.240. The summed E-state index contributed by atoms with van der Waals surface area (Å²) in [6, 6.07) is 12.9. The zero-order chi connectivity index (χ0) is 23.4. The quantitative estimate of drug-likeness (QED) is 0.245. The molecule has 0 aliphatic carbocycles. The molecule has 4 rings (SSSR count). The molecule has 2 heterocycles. The van der Waals surface area contributed by atoms with Crippen molar-refractivity contribution in [3.63, 3.8) is 0 Å². The number of nitrogens with one attached hydrogen (secondary N) is 1. The molecule has 8 heteroatoms. The standard InChI is InChI=1S/C25H25N3O5/c1-32-19-10-9-18(15-20(19)33-2)22-21(23(29)17-7-4-3-5-8-17)24(30)25(31)28(22)13-6-12-27-14-11-26-16-27/h3-5,7-11,14-16,22H,6,12-13H2,1-2H3,(H,29,30). The Kier molecular flexibility index (Phi) is 6.44. The minimum absolute atomic E-state index is 0.0484. The number of rotatable bonds is 8. The number of methoxy groups -OCH3 is 2. The molecular weight excluding hydrogens is 422 g/mol. The summed E-state index contributed by atoms with van der Waals surface area (Å²) in [6.07, 6.45) is 6.12. The number of aromatic amines is 1. The predicted molar refractivity (Wildman–Crippen MR) is 118 cm³/mol. The lowest BCUT2D eigenvalue weighted by Crippen LogP contribution is -2.36. The number of H-pyrrole nitrogens is 1. The second kappa shape index (κ2) is 9.60. The van der Waals surface area contributed by atoms with E-state index in [1.165, 1.54) is 19.1 Å². The predicted octanol–water partition coefficient (Wildman–Crippen LogP) is 1.63. The number of ketones is 1. The number of ether oxygens (including phenoxy) is 2. The molecule has 33 heavy (non-hydrogen) atoms. The molecule has 1 aliphatic heterocycles. The lowest BCUT2D eigenvalue weighted by atomic mass is 9.95. The first-order valence-corrected chi connectivity index (χ1v) is 10.6. The van der Waals surface area contributed by atoms with E-state index in [1.54, 1.807) is 54.7 Å². The maximum atomic E-state index is 13.4. The highest BCUT2D eigenvalue weighted by molar-refractivity contribution is 6.46. The van der Waals surface area contributed by atoms with Gasteiger partial charge in [-0.3, -0.25) is 14.6 Å². The van der Waals surface area contributed by atoms with Crippen LogP contribution in [0, 0.1) is 0 Å². The molecule has 1 aliphatic rings. The molecule has 1 unspecified atom stereocenters. The number of carbonyl (C=O) groups is 2. The second-order valence-electron chi connectivity index (χ2n) is 7.66. The summed E-state index contributed by atoms with van der Waals surface area (Å²) in [4.78, 5) is 30.6. The van der Waals surface area contributed by atoms with Crippen molar-refractivity contribution in [2.45, 2.75) is 19.0 Å². The lowest BCUT2D eigenvalue weighted by Gasteiger charge is -2.28. The average Bonchev–Trinajstić information content (AvgIpc) is 3.46. The summed E-state index contributed by atoms with van der Waals surface area (Å²) in [6.45, 7) is 0.968. The van der Waals surface area contributed by atoms with E-state index in [9.17, 15) is 14.7 Å². The number of Topliss-reactive ketones (excluding diaryl/α,β-unsaturated/α-hetero) is 1. The molecule has 3 aromatic rings. The summed E-state index contributed by atoms with van der Waals surface area (Å²) < 4.78 is 12.7. The van der Waals surface area contributed by atoms with Crippen molar-refractivity contribution in [2.75, 3.05) is 20.8 Å². The van der Waals surface area contributed by atoms with Gasteiger partial charge in [-0.15, -0.1) is 0 Å². The zero-order valence-corrected chi connectivity index (χ0v) is 18.5. The van der Waals surface area contributed by atoms with Crippen molar-refractivity contribution in [1.82, 2.24) is 9.88 Å². The van der Waals surface area contributed by atoms with Gasteiger partial charge in [0.05, 0.1) is 26.8 Å². The van der Waals surface area contributed by atoms with Crippen LogP contribution < -0.4 is 19.1 Å². The van der Waals surface area contributed by atoms with E-state index >= 15 is 0 Å². The molecule has 0 saturated carbocycles. The monoisotopic (exact) mass is 447 g/mol. The Morgan fingerprint density at radius 2 is 1.85 bits per heavy atom. The van der Waals surface area contributed by atoms with Gasteiger partial charge in [-0.25, -0.2) is 4.57 Å². The highest BCUT2D eigenvalue weighted by Crippen LogP contribution is 2.41. The normalized spacial score (nSPS) is 17.4. The Balaban J connectivity index is 1.76. The van der Waals surface area contributed by atoms with E-state index in [0.29, 0.717) is 42.1 Å². The first kappa shape index (κ1) is 22.1. The number of aryl methyl sites for hydroxylation is 1. The van der Waals surface area contributed by atoms with E-state index in [-0.39, 0.29) is 5.57 Å². The minimum atomic E-state index is -0.811. The molecule has 0 bridgehead atoms. The Bertz CT molecular complexity index is 1170. The summed E-state index contributed by atoms with van der Waals surface area (Å²) >= 11 is 0. The van der Waals surface area contributed by atoms with Gasteiger partial charge in [0, 0.05) is 18.5 Å². The van der Waals surface area contributed by atoms with Crippen molar-refractivity contribution in [3.05, 3.63) is 84.0 Å². The fourth-order valence-corrected chi connectivity index (χ4v) is 4.10. The Morgan fingerprint density at radius 3 is 2.52 bits per heavy atom. The maximum absolute atomic E-state index is 13.4. The van der Waals surface area contributed by atoms with Crippen LogP contribution in [0.5, 0.6) is 11.5 Å². The van der Waals surface area contributed by atoms with Crippen LogP contribution in [0.1, 0.15) is 23.6 Å². The third-order valence-electron chi connectivity index (χ3n) is 5.71. The molecule has 1 amide bonds. The van der Waals surface area contributed by atoms with Gasteiger partial charge in [-0.1, -0.05) is 42.2 Å². The third-order valence-corrected chi connectivity index (χ3v) is 5.71. The van der Waals surface area contributed by atoms with Crippen LogP contribution in [0.2, 0.25) is 0 Å². The van der Waals surface area contributed by atoms with Crippen molar-refractivity contribution in [2.24, 2.45) is 0 Å². The van der Waals surface area contributed by atoms with Gasteiger partial charge < -0.3 is 19.5 Å². The van der Waals surface area contributed by atoms with Crippen molar-refractivity contribution in [3.8, 4) is 11.5 Å². The van der Waals surface area contributed by atoms with E-state index < -0.39 is 23.5 Å². The molecule has 0 spiro atoms. The molecular formula is C25H25N3O5. The number of likely N-dealkylation sites (tertiary alicyclic amines) is 1. The first-order valence-electron chi connectivity index (χ1n) is 10.6. The van der Waals surface area contributed by atoms with Crippen LogP contribution in [0.15, 0.2) is 72.8 Å². The van der Waals surface area contributed by atoms with Crippen LogP contribution in [0.3, 0.4) is 0 Å². The summed E-state index contributed by atoms with van der Waals surface area (Å²) in [5.74, 6) is -0.915. The Hall–Kier alpha value is -4.07. The molecule has 170 valence electrons. The van der Waals surface area contributed by atoms with Crippen LogP contribution >= 0.6 is 0 Å². The molecule has 1 fully saturated rings. The molecule has 2 aromatic carbocycles. The maximum Gasteiger partial charge on any atom is 0.295 e. The van der Waals surface area contributed by atoms with Gasteiger partial charge in [0.15, 0.2) is 11.5 Å². The van der Waals surface area contributed by atoms with Gasteiger partial charge in [0.1, 0.15) is 12.4 Å². The number of hydrogen-bond donors (Lipinski definition) is 1. The number of benzene rings is 2. The van der Waals surface area contributed by atoms with Crippen LogP contribution in [-0.4, -0.2) is 42.3 Å². The summed E-state index contributed by atoms with van der Waals surface area (Å²) in [5, 5.41) is 13.4. The number of hydrogen-bond acceptors (Lipinski definition) is 5. The number of carbonyl (C=O) groups excluding carboxylic acids is 2. The molecule has 8 nitrogen and oxygen atoms in total. The van der Waals surface area contributed by atoms with Crippen LogP contribution in [0.25, 0.3) is 5.76 Å². The highest BCUT2D eigenvalue weighted by atomic mass is 16.5. The van der Waals surface area contributed by atoms with E-state index in [2.05, 4.69) is 4.98 Å². The van der Waals surface area contributed by atoms with Crippen molar-refractivity contribution < 1.29 is 28.7 Å². The van der Waals surface area contributed by atoms with Gasteiger partial charge in [-0.2, -0.15) is 0 Å². The zero-order valence-electron chi connectivity index (χ0n) is 18.5. The number of nitrogens with zero attached hydrogens (tertiary/aromatic N) is 2. The molecule has 0 radical (unpaired) electrons. The lowest BCUT2D eigenvalue weighted by molar-refractivity contribution is -0.695. The average molecular weight is 447 g/mol. The van der Waals surface area contributed by atoms with Gasteiger partial charge in [0.25, 0.3) is 5.91 Å². The summed E-state index contributed by atoms with van der Waals surface area (Å²) in [7, 11) is 3.04. The SMILES string of the molecule is COc1ccc(C2/C(=C(\[O-])c3ccccc3)C(=O)C(=O)N2CCC[n+]2cc[nH]c2)cc1OC. The third kappa shape index (κ3) is 4.32. The van der Waals surface area contributed by atoms with E-state index in [0.717, 1.165) is 0 Å². The van der Waals surface area contributed by atoms with Crippen molar-refractivity contribution >= 4 is 17.4 Å². The van der Waals surface area contributed by atoms with Crippen molar-refractivity contribution in [1.29, 1.82) is 0 Å². The van der Waals surface area contributed by atoms with E-state index in [4.69, 9.17) is 9.47 Å².